The van der Waals surface area contributed by atoms with Crippen molar-refractivity contribution in [2.24, 2.45) is 0 Å². The Bertz CT molecular complexity index is 3700. The molecule has 8 rings (SSSR count). The molecule has 4 nitrogen and oxygen atoms in total. The molecule has 0 atom stereocenters. The minimum atomic E-state index is -3.42. The molecule has 1 N–H and O–H groups in total. The van der Waals surface area contributed by atoms with E-state index >= 15 is 0 Å². The number of hydrogen-bond donors (Lipinski definition) is 1. The molecule has 5 heteroatoms. The average Bonchev–Trinajstić information content (AvgIpc) is 3.55. The Labute approximate surface area is 442 Å². The number of pyridine rings is 1. The van der Waals surface area contributed by atoms with Crippen molar-refractivity contribution in [3.05, 3.63) is 166 Å². The van der Waals surface area contributed by atoms with Crippen LogP contribution in [0.25, 0.3) is 72.7 Å². The number of aryl methyl sites for hydroxylation is 1. The summed E-state index contributed by atoms with van der Waals surface area (Å²) in [7, 11) is 0. The van der Waals surface area contributed by atoms with Gasteiger partial charge in [0.1, 0.15) is 11.6 Å². The first-order valence-electron chi connectivity index (χ1n) is 30.3. The van der Waals surface area contributed by atoms with Gasteiger partial charge in [0, 0.05) is 53.5 Å². The molecule has 0 radical (unpaired) electrons. The Morgan fingerprint density at radius 3 is 1.96 bits per heavy atom. The second kappa shape index (κ2) is 19.4. The Hall–Kier alpha value is -5.57. The van der Waals surface area contributed by atoms with Crippen molar-refractivity contribution in [1.82, 2.24) is 14.5 Å². The summed E-state index contributed by atoms with van der Waals surface area (Å²) in [5, 5.41) is 12.5. The Kier molecular flexibility index (Phi) is 9.67. The number of imidazole rings is 1. The van der Waals surface area contributed by atoms with Gasteiger partial charge in [-0.3, -0.25) is 9.55 Å². The Morgan fingerprint density at radius 2 is 1.31 bits per heavy atom. The fourth-order valence-corrected chi connectivity index (χ4v) is 8.85. The van der Waals surface area contributed by atoms with Crippen molar-refractivity contribution >= 4 is 11.0 Å². The molecule has 0 bridgehead atoms. The summed E-state index contributed by atoms with van der Waals surface area (Å²) in [6.45, 7) is 7.68. The van der Waals surface area contributed by atoms with Crippen molar-refractivity contribution in [2.75, 3.05) is 0 Å². The van der Waals surface area contributed by atoms with Gasteiger partial charge < -0.3 is 5.11 Å². The average molecular weight is 1100 g/mol. The van der Waals surface area contributed by atoms with Crippen LogP contribution in [0.2, 0.25) is 0 Å². The summed E-state index contributed by atoms with van der Waals surface area (Å²) in [5.74, 6) is -3.65. The molecule has 0 saturated heterocycles. The Balaban J connectivity index is 0.00000990. The molecule has 0 spiro atoms. The van der Waals surface area contributed by atoms with E-state index in [2.05, 4.69) is 40.7 Å². The molecule has 354 valence electrons. The number of aromatic hydroxyl groups is 1. The van der Waals surface area contributed by atoms with Crippen LogP contribution in [0.3, 0.4) is 0 Å². The van der Waals surface area contributed by atoms with E-state index in [9.17, 15) is 13.3 Å². The largest absolute Gasteiger partial charge is 0.507 e. The number of aromatic nitrogens is 3. The van der Waals surface area contributed by atoms with Crippen molar-refractivity contribution in [2.45, 2.75) is 138 Å². The number of benzene rings is 6. The van der Waals surface area contributed by atoms with Gasteiger partial charge in [-0.15, -0.1) is 29.3 Å². The minimum Gasteiger partial charge on any atom is -0.507 e. The third kappa shape index (κ3) is 9.82. The summed E-state index contributed by atoms with van der Waals surface area (Å²) in [6, 6.07) is 36.6. The molecule has 8 aromatic rings. The first-order chi connectivity index (χ1) is 37.5. The van der Waals surface area contributed by atoms with E-state index in [1.807, 2.05) is 68.4 Å². The zero-order valence-corrected chi connectivity index (χ0v) is 43.0. The third-order valence-electron chi connectivity index (χ3n) is 12.6. The van der Waals surface area contributed by atoms with Crippen molar-refractivity contribution in [3.8, 4) is 67.5 Å². The number of rotatable bonds is 10. The van der Waals surface area contributed by atoms with Gasteiger partial charge in [-0.2, -0.15) is 0 Å². The van der Waals surface area contributed by atoms with Crippen LogP contribution in [0.5, 0.6) is 5.75 Å². The number of phenols is 1. The van der Waals surface area contributed by atoms with Gasteiger partial charge in [0.2, 0.25) is 0 Å². The summed E-state index contributed by atoms with van der Waals surface area (Å²) in [4.78, 5) is 10.2. The topological polar surface area (TPSA) is 50.9 Å². The molecular weight excluding hydrogens is 1010 g/mol. The summed E-state index contributed by atoms with van der Waals surface area (Å²) >= 11 is 0. The number of phenolic OH excluding ortho intramolecular Hbond substituents is 1. The van der Waals surface area contributed by atoms with E-state index in [4.69, 9.17) is 22.3 Å². The van der Waals surface area contributed by atoms with Crippen molar-refractivity contribution in [3.63, 3.8) is 0 Å². The SMILES string of the molecule is [2H]C([2H])([2H])c1cc(-c2c(C(C)C)cccc2C([2H])(C)C)ccc1-n1c(-c2cc(C([2H])(C)C)cc(C([2H])(C)C)c2O)nc2c(-c3[c-]c(-c4cc(-c5ccc(C(C([2H])([2H])[2H])(C([2H])([2H])[2H])C([2H])([2H])[2H])cc5)ccn4)cc(C(C)(C)C)c3)cccc21.[Pt]. The molecule has 6 aromatic carbocycles. The number of fused-ring (bicyclic) bond motifs is 1. The quantitative estimate of drug-likeness (QED) is 0.139. The molecular formula is C63H70N3OPt-. The molecule has 0 unspecified atom stereocenters. The summed E-state index contributed by atoms with van der Waals surface area (Å²) in [6.07, 6.45) is 1.59. The maximum absolute atomic E-state index is 12.5. The van der Waals surface area contributed by atoms with Crippen LogP contribution in [0.1, 0.15) is 180 Å². The fourth-order valence-electron chi connectivity index (χ4n) is 8.85. The molecule has 0 aliphatic rings. The molecule has 0 saturated carbocycles. The molecule has 2 aromatic heterocycles. The normalized spacial score (nSPS) is 16.7. The van der Waals surface area contributed by atoms with Gasteiger partial charge in [0.05, 0.1) is 22.3 Å². The predicted molar refractivity (Wildman–Crippen MR) is 285 cm³/mol. The summed E-state index contributed by atoms with van der Waals surface area (Å²) < 4.78 is 131. The first-order valence-corrected chi connectivity index (χ1v) is 22.8. The number of nitrogens with zero attached hydrogens (tertiary/aromatic N) is 3. The zero-order chi connectivity index (χ0) is 61.0. The van der Waals surface area contributed by atoms with E-state index < -0.39 is 55.9 Å². The van der Waals surface area contributed by atoms with Crippen LogP contribution in [0.4, 0.5) is 0 Å². The van der Waals surface area contributed by atoms with Crippen LogP contribution in [-0.2, 0) is 31.9 Å². The Morgan fingerprint density at radius 1 is 0.632 bits per heavy atom. The fraction of sp³-hybridized carbons (Fsp3) is 0.333. The predicted octanol–water partition coefficient (Wildman–Crippen LogP) is 17.7. The van der Waals surface area contributed by atoms with Gasteiger partial charge in [0.15, 0.2) is 0 Å². The molecule has 0 amide bonds. The maximum Gasteiger partial charge on any atom is 0.148 e. The third-order valence-corrected chi connectivity index (χ3v) is 12.6. The minimum absolute atomic E-state index is 0. The van der Waals surface area contributed by atoms with Gasteiger partial charge in [-0.1, -0.05) is 181 Å². The monoisotopic (exact) mass is 1090 g/mol. The van der Waals surface area contributed by atoms with Crippen LogP contribution in [-0.4, -0.2) is 19.6 Å². The molecule has 0 aliphatic carbocycles. The van der Waals surface area contributed by atoms with E-state index in [0.717, 1.165) is 22.3 Å². The van der Waals surface area contributed by atoms with Crippen LogP contribution >= 0.6 is 0 Å². The first kappa shape index (κ1) is 33.8. The van der Waals surface area contributed by atoms with E-state index in [-0.39, 0.29) is 66.5 Å². The molecule has 68 heavy (non-hydrogen) atoms. The summed E-state index contributed by atoms with van der Waals surface area (Å²) in [5.41, 5.74) is 5.44. The van der Waals surface area contributed by atoms with Crippen molar-refractivity contribution in [1.29, 1.82) is 0 Å². The van der Waals surface area contributed by atoms with E-state index in [1.165, 1.54) is 24.3 Å². The second-order valence-corrected chi connectivity index (χ2v) is 19.7. The van der Waals surface area contributed by atoms with Gasteiger partial charge in [0.25, 0.3) is 0 Å². The molecule has 0 aliphatic heterocycles. The standard InChI is InChI=1S/C63H70N3O.Pt/c1-37(2)45-34-53(40(7)8)60(67)54(35-45)61-65-59-52(20-17-21-57(59)66(61)56-27-24-44(30-41(56)9)58-50(38(3)4)18-16-19-51(58)39(5)6)46-31-47(33-49(32-46)63(13,14)15)55-36-43(28-29-64-55)42-22-25-48(26-23-42)62(10,11)12;/h16-30,32-40,67H,1-15H3;/q-1;/i9D3,10D3,11D3,12D3,37D,38D,40D;. The van der Waals surface area contributed by atoms with Crippen LogP contribution < -0.4 is 0 Å². The molecule has 0 fully saturated rings. The second-order valence-electron chi connectivity index (χ2n) is 19.7. The van der Waals surface area contributed by atoms with Crippen LogP contribution in [0, 0.1) is 12.9 Å². The van der Waals surface area contributed by atoms with Gasteiger partial charge >= 0.3 is 0 Å². The van der Waals surface area contributed by atoms with E-state index in [0.29, 0.717) is 55.7 Å². The number of para-hydroxylation sites is 1. The smallest absolute Gasteiger partial charge is 0.148 e. The molecule has 2 heterocycles. The number of hydrogen-bond acceptors (Lipinski definition) is 3. The maximum atomic E-state index is 12.5. The van der Waals surface area contributed by atoms with E-state index in [1.54, 1.807) is 74.9 Å². The van der Waals surface area contributed by atoms with Gasteiger partial charge in [-0.05, 0) is 127 Å². The van der Waals surface area contributed by atoms with Crippen molar-refractivity contribution < 1.29 is 46.7 Å². The zero-order valence-electron chi connectivity index (χ0n) is 55.7. The van der Waals surface area contributed by atoms with Gasteiger partial charge in [-0.25, -0.2) is 4.98 Å². The van der Waals surface area contributed by atoms with Crippen LogP contribution in [0.15, 0.2) is 121 Å².